The molecule has 1 aromatic heterocycles. The third kappa shape index (κ3) is 2.07. The van der Waals surface area contributed by atoms with Gasteiger partial charge in [-0.2, -0.15) is 5.10 Å². The van der Waals surface area contributed by atoms with Gasteiger partial charge in [0.05, 0.1) is 18.4 Å². The molecule has 0 radical (unpaired) electrons. The summed E-state index contributed by atoms with van der Waals surface area (Å²) in [4.78, 5) is 26.8. The van der Waals surface area contributed by atoms with Crippen LogP contribution in [0, 0.1) is 17.3 Å². The molecule has 1 fully saturated rings. The van der Waals surface area contributed by atoms with Crippen LogP contribution in [0.4, 0.5) is 0 Å². The number of hydrogen-bond donors (Lipinski definition) is 2. The van der Waals surface area contributed by atoms with E-state index >= 15 is 0 Å². The smallest absolute Gasteiger partial charge is 0.307 e. The summed E-state index contributed by atoms with van der Waals surface area (Å²) in [5.74, 6) is -1.74. The van der Waals surface area contributed by atoms with E-state index in [0.717, 1.165) is 0 Å². The van der Waals surface area contributed by atoms with Crippen molar-refractivity contribution in [2.75, 3.05) is 0 Å². The van der Waals surface area contributed by atoms with Crippen LogP contribution in [0.15, 0.2) is 6.33 Å². The van der Waals surface area contributed by atoms with Gasteiger partial charge in [-0.25, -0.2) is 4.98 Å². The quantitative estimate of drug-likeness (QED) is 0.772. The highest BCUT2D eigenvalue weighted by Gasteiger charge is 2.65. The molecule has 1 heterocycles. The van der Waals surface area contributed by atoms with E-state index in [1.54, 1.807) is 31.9 Å². The van der Waals surface area contributed by atoms with Crippen LogP contribution in [0.25, 0.3) is 0 Å². The zero-order valence-electron chi connectivity index (χ0n) is 10.5. The zero-order valence-corrected chi connectivity index (χ0v) is 10.5. The molecule has 1 aromatic rings. The molecule has 1 amide bonds. The van der Waals surface area contributed by atoms with Crippen LogP contribution >= 0.6 is 0 Å². The molecule has 18 heavy (non-hydrogen) atoms. The maximum atomic E-state index is 11.9. The molecule has 0 aliphatic heterocycles. The Labute approximate surface area is 104 Å². The van der Waals surface area contributed by atoms with E-state index in [1.807, 2.05) is 0 Å². The second-order valence-electron chi connectivity index (χ2n) is 5.17. The first-order valence-corrected chi connectivity index (χ1v) is 5.69. The van der Waals surface area contributed by atoms with Gasteiger partial charge in [0.1, 0.15) is 6.33 Å². The number of carbonyl (C=O) groups is 2. The van der Waals surface area contributed by atoms with E-state index < -0.39 is 23.2 Å². The van der Waals surface area contributed by atoms with Crippen molar-refractivity contribution in [3.63, 3.8) is 0 Å². The van der Waals surface area contributed by atoms with Crippen molar-refractivity contribution >= 4 is 11.9 Å². The van der Waals surface area contributed by atoms with Crippen LogP contribution in [0.5, 0.6) is 0 Å². The second kappa shape index (κ2) is 4.08. The van der Waals surface area contributed by atoms with Gasteiger partial charge < -0.3 is 10.4 Å². The lowest BCUT2D eigenvalue weighted by molar-refractivity contribution is -0.140. The average molecular weight is 252 g/mol. The number of hydrogen-bond acceptors (Lipinski definition) is 4. The van der Waals surface area contributed by atoms with Crippen LogP contribution in [0.2, 0.25) is 0 Å². The second-order valence-corrected chi connectivity index (χ2v) is 5.17. The van der Waals surface area contributed by atoms with Gasteiger partial charge in [0.25, 0.3) is 0 Å². The third-order valence-corrected chi connectivity index (χ3v) is 3.44. The summed E-state index contributed by atoms with van der Waals surface area (Å²) < 4.78 is 1.54. The lowest BCUT2D eigenvalue weighted by Crippen LogP contribution is -2.27. The number of carboxylic acids is 1. The van der Waals surface area contributed by atoms with Crippen molar-refractivity contribution in [3.8, 4) is 0 Å². The Morgan fingerprint density at radius 1 is 1.50 bits per heavy atom. The lowest BCUT2D eigenvalue weighted by atomic mass is 10.1. The van der Waals surface area contributed by atoms with Gasteiger partial charge in [0.15, 0.2) is 5.82 Å². The van der Waals surface area contributed by atoms with E-state index in [4.69, 9.17) is 5.11 Å². The lowest BCUT2D eigenvalue weighted by Gasteiger charge is -2.03. The fraction of sp³-hybridized carbons (Fsp3) is 0.636. The number of nitrogens with one attached hydrogen (secondary N) is 1. The standard InChI is InChI=1S/C11H16N4O3/c1-11(2)7(8(11)10(17)18)9(16)12-4-6-13-5-15(3)14-6/h5,7-8H,4H2,1-3H3,(H,12,16)(H,17,18). The highest BCUT2D eigenvalue weighted by atomic mass is 16.4. The maximum absolute atomic E-state index is 11.9. The van der Waals surface area contributed by atoms with Gasteiger partial charge in [-0.3, -0.25) is 14.3 Å². The highest BCUT2D eigenvalue weighted by molar-refractivity contribution is 5.91. The van der Waals surface area contributed by atoms with Gasteiger partial charge in [-0.15, -0.1) is 0 Å². The number of carbonyl (C=O) groups excluding carboxylic acids is 1. The van der Waals surface area contributed by atoms with Crippen molar-refractivity contribution in [3.05, 3.63) is 12.2 Å². The number of nitrogens with zero attached hydrogens (tertiary/aromatic N) is 3. The summed E-state index contributed by atoms with van der Waals surface area (Å²) in [6.07, 6.45) is 1.54. The molecule has 2 rings (SSSR count). The maximum Gasteiger partial charge on any atom is 0.307 e. The summed E-state index contributed by atoms with van der Waals surface area (Å²) in [6.45, 7) is 3.79. The van der Waals surface area contributed by atoms with Crippen molar-refractivity contribution < 1.29 is 14.7 Å². The molecule has 1 aliphatic carbocycles. The van der Waals surface area contributed by atoms with Crippen LogP contribution < -0.4 is 5.32 Å². The molecule has 0 bridgehead atoms. The van der Waals surface area contributed by atoms with Crippen LogP contribution in [-0.2, 0) is 23.2 Å². The molecule has 0 saturated heterocycles. The van der Waals surface area contributed by atoms with E-state index in [2.05, 4.69) is 15.4 Å². The van der Waals surface area contributed by atoms with Crippen molar-refractivity contribution in [2.45, 2.75) is 20.4 Å². The topological polar surface area (TPSA) is 97.1 Å². The van der Waals surface area contributed by atoms with Gasteiger partial charge in [-0.05, 0) is 5.41 Å². The number of aliphatic carboxylic acids is 1. The highest BCUT2D eigenvalue weighted by Crippen LogP contribution is 2.58. The van der Waals surface area contributed by atoms with Crippen molar-refractivity contribution in [1.82, 2.24) is 20.1 Å². The Morgan fingerprint density at radius 2 is 2.17 bits per heavy atom. The van der Waals surface area contributed by atoms with Gasteiger partial charge in [0.2, 0.25) is 5.91 Å². The fourth-order valence-electron chi connectivity index (χ4n) is 2.33. The molecule has 1 saturated carbocycles. The van der Waals surface area contributed by atoms with E-state index in [1.165, 1.54) is 0 Å². The van der Waals surface area contributed by atoms with Crippen LogP contribution in [-0.4, -0.2) is 31.7 Å². The average Bonchev–Trinajstić information content (AvgIpc) is 2.63. The van der Waals surface area contributed by atoms with E-state index in [9.17, 15) is 9.59 Å². The number of aromatic nitrogens is 3. The molecule has 98 valence electrons. The first-order chi connectivity index (χ1) is 8.34. The van der Waals surface area contributed by atoms with Crippen molar-refractivity contribution in [1.29, 1.82) is 0 Å². The minimum atomic E-state index is -0.920. The summed E-state index contributed by atoms with van der Waals surface area (Å²) in [7, 11) is 1.74. The Morgan fingerprint density at radius 3 is 2.61 bits per heavy atom. The SMILES string of the molecule is Cn1cnc(CNC(=O)C2C(C(=O)O)C2(C)C)n1. The number of amides is 1. The number of carboxylic acid groups (broad SMARTS) is 1. The van der Waals surface area contributed by atoms with E-state index in [-0.39, 0.29) is 12.5 Å². The largest absolute Gasteiger partial charge is 0.481 e. The molecule has 0 spiro atoms. The predicted octanol–water partition coefficient (Wildman–Crippen LogP) is -0.212. The van der Waals surface area contributed by atoms with Gasteiger partial charge in [-0.1, -0.05) is 13.8 Å². The van der Waals surface area contributed by atoms with Crippen LogP contribution in [0.1, 0.15) is 19.7 Å². The molecule has 7 nitrogen and oxygen atoms in total. The normalized spacial score (nSPS) is 24.6. The van der Waals surface area contributed by atoms with Crippen LogP contribution in [0.3, 0.4) is 0 Å². The first kappa shape index (κ1) is 12.5. The Hall–Kier alpha value is -1.92. The molecule has 0 aromatic carbocycles. The Kier molecular flexibility index (Phi) is 2.84. The summed E-state index contributed by atoms with van der Waals surface area (Å²) in [5.41, 5.74) is -0.479. The number of rotatable bonds is 4. The minimum absolute atomic E-state index is 0.221. The van der Waals surface area contributed by atoms with E-state index in [0.29, 0.717) is 5.82 Å². The van der Waals surface area contributed by atoms with Gasteiger partial charge in [0, 0.05) is 7.05 Å². The summed E-state index contributed by atoms with van der Waals surface area (Å²) >= 11 is 0. The fourth-order valence-corrected chi connectivity index (χ4v) is 2.33. The Bertz CT molecular complexity index is 494. The third-order valence-electron chi connectivity index (χ3n) is 3.44. The summed E-state index contributed by atoms with van der Waals surface area (Å²) in [5, 5.41) is 15.7. The molecular formula is C11H16N4O3. The molecule has 7 heteroatoms. The predicted molar refractivity (Wildman–Crippen MR) is 61.2 cm³/mol. The monoisotopic (exact) mass is 252 g/mol. The summed E-state index contributed by atoms with van der Waals surface area (Å²) in [6, 6.07) is 0. The molecule has 2 N–H and O–H groups in total. The van der Waals surface area contributed by atoms with Crippen molar-refractivity contribution in [2.24, 2.45) is 24.3 Å². The Balaban J connectivity index is 1.92. The molecule has 1 aliphatic rings. The molecular weight excluding hydrogens is 236 g/mol. The number of aryl methyl sites for hydroxylation is 1. The minimum Gasteiger partial charge on any atom is -0.481 e. The first-order valence-electron chi connectivity index (χ1n) is 5.69. The zero-order chi connectivity index (χ0) is 13.5. The molecule has 2 atom stereocenters. The van der Waals surface area contributed by atoms with Gasteiger partial charge >= 0.3 is 5.97 Å². The molecule has 2 unspecified atom stereocenters.